The molecule has 0 fully saturated rings. The lowest BCUT2D eigenvalue weighted by Crippen LogP contribution is -2.10. The lowest BCUT2D eigenvalue weighted by atomic mass is 10.3. The number of carbonyl (C=O) groups is 1. The molecule has 1 rings (SSSR count). The third-order valence-corrected chi connectivity index (χ3v) is 1.10. The van der Waals surface area contributed by atoms with Crippen molar-refractivity contribution in [3.8, 4) is 0 Å². The van der Waals surface area contributed by atoms with Crippen LogP contribution in [0, 0.1) is 0 Å². The number of benzene rings is 1. The van der Waals surface area contributed by atoms with Gasteiger partial charge in [0.15, 0.2) is 0 Å². The van der Waals surface area contributed by atoms with Gasteiger partial charge in [-0.15, -0.1) is 0 Å². The maximum absolute atomic E-state index is 10.4. The first-order valence-corrected chi connectivity index (χ1v) is 3.00. The Labute approximate surface area is 63.3 Å². The minimum Gasteiger partial charge on any atom is -0.289 e. The summed E-state index contributed by atoms with van der Waals surface area (Å²) < 4.78 is 0. The summed E-state index contributed by atoms with van der Waals surface area (Å²) in [6.45, 7) is 0. The molecule has 0 aliphatic heterocycles. The van der Waals surface area contributed by atoms with Gasteiger partial charge in [0.25, 0.3) is 0 Å². The topological polar surface area (TPSA) is 58.6 Å². The van der Waals surface area contributed by atoms with Gasteiger partial charge in [0.05, 0.1) is 0 Å². The highest BCUT2D eigenvalue weighted by molar-refractivity contribution is 5.83. The summed E-state index contributed by atoms with van der Waals surface area (Å²) in [7, 11) is 0. The number of anilines is 1. The monoisotopic (exact) mass is 153 g/mol. The van der Waals surface area contributed by atoms with Crippen molar-refractivity contribution in [3.63, 3.8) is 0 Å². The Kier molecular flexibility index (Phi) is 2.46. The molecule has 0 saturated heterocycles. The zero-order valence-electron chi connectivity index (χ0n) is 5.65. The molecule has 0 unspecified atom stereocenters. The van der Waals surface area contributed by atoms with Gasteiger partial charge in [-0.25, -0.2) is 4.79 Å². The molecule has 58 valence electrons. The predicted molar refractivity (Wildman–Crippen MR) is 39.2 cm³/mol. The largest absolute Gasteiger partial charge is 0.442 e. The van der Waals surface area contributed by atoms with E-state index in [0.29, 0.717) is 5.69 Å². The Balaban J connectivity index is 2.58. The molecule has 1 aromatic carbocycles. The minimum atomic E-state index is -0.892. The highest BCUT2D eigenvalue weighted by atomic mass is 17.1. The summed E-state index contributed by atoms with van der Waals surface area (Å²) in [6.07, 6.45) is -0.892. The van der Waals surface area contributed by atoms with E-state index < -0.39 is 6.09 Å². The van der Waals surface area contributed by atoms with Crippen LogP contribution < -0.4 is 5.32 Å². The molecule has 1 amide bonds. The molecule has 1 aromatic rings. The number of para-hydroxylation sites is 1. The molecule has 0 aromatic heterocycles. The van der Waals surface area contributed by atoms with E-state index in [9.17, 15) is 4.79 Å². The van der Waals surface area contributed by atoms with Crippen LogP contribution in [0.15, 0.2) is 30.3 Å². The summed E-state index contributed by atoms with van der Waals surface area (Å²) in [5, 5.41) is 10.2. The van der Waals surface area contributed by atoms with E-state index in [1.807, 2.05) is 6.07 Å². The fourth-order valence-corrected chi connectivity index (χ4v) is 0.662. The Morgan fingerprint density at radius 2 is 2.00 bits per heavy atom. The lowest BCUT2D eigenvalue weighted by molar-refractivity contribution is -0.172. The van der Waals surface area contributed by atoms with Crippen LogP contribution in [-0.2, 0) is 4.89 Å². The van der Waals surface area contributed by atoms with E-state index in [2.05, 4.69) is 10.2 Å². The van der Waals surface area contributed by atoms with Crippen LogP contribution in [0.5, 0.6) is 0 Å². The van der Waals surface area contributed by atoms with Crippen molar-refractivity contribution in [3.05, 3.63) is 30.3 Å². The van der Waals surface area contributed by atoms with Crippen molar-refractivity contribution >= 4 is 11.8 Å². The first-order valence-electron chi connectivity index (χ1n) is 3.00. The van der Waals surface area contributed by atoms with Crippen molar-refractivity contribution in [1.29, 1.82) is 0 Å². The van der Waals surface area contributed by atoms with Crippen molar-refractivity contribution < 1.29 is 14.9 Å². The van der Waals surface area contributed by atoms with Crippen LogP contribution in [0.3, 0.4) is 0 Å². The summed E-state index contributed by atoms with van der Waals surface area (Å²) in [5.74, 6) is 0. The minimum absolute atomic E-state index is 0.576. The van der Waals surface area contributed by atoms with Gasteiger partial charge < -0.3 is 0 Å². The van der Waals surface area contributed by atoms with Gasteiger partial charge in [0.2, 0.25) is 0 Å². The van der Waals surface area contributed by atoms with Crippen LogP contribution in [0.2, 0.25) is 0 Å². The Bertz CT molecular complexity index is 235. The first-order chi connectivity index (χ1) is 5.33. The average Bonchev–Trinajstić information content (AvgIpc) is 2.06. The van der Waals surface area contributed by atoms with Gasteiger partial charge in [0, 0.05) is 5.69 Å². The standard InChI is InChI=1S/C7H7NO3/c9-7(11-10)8-6-4-2-1-3-5-6/h1-5,10H,(H,8,9). The highest BCUT2D eigenvalue weighted by Gasteiger charge is 1.98. The fraction of sp³-hybridized carbons (Fsp3) is 0. The molecular formula is C7H7NO3. The van der Waals surface area contributed by atoms with E-state index in [1.54, 1.807) is 24.3 Å². The van der Waals surface area contributed by atoms with Crippen LogP contribution in [-0.4, -0.2) is 11.4 Å². The number of hydrogen-bond donors (Lipinski definition) is 2. The summed E-state index contributed by atoms with van der Waals surface area (Å²) in [4.78, 5) is 13.8. The van der Waals surface area contributed by atoms with E-state index in [0.717, 1.165) is 0 Å². The normalized spacial score (nSPS) is 8.82. The maximum atomic E-state index is 10.4. The van der Waals surface area contributed by atoms with Gasteiger partial charge in [-0.1, -0.05) is 18.2 Å². The molecular weight excluding hydrogens is 146 g/mol. The van der Waals surface area contributed by atoms with Crippen LogP contribution >= 0.6 is 0 Å². The smallest absolute Gasteiger partial charge is 0.289 e. The molecule has 0 aliphatic carbocycles. The van der Waals surface area contributed by atoms with Gasteiger partial charge in [0.1, 0.15) is 0 Å². The molecule has 4 nitrogen and oxygen atoms in total. The quantitative estimate of drug-likeness (QED) is 0.477. The van der Waals surface area contributed by atoms with Crippen molar-refractivity contribution in [2.45, 2.75) is 0 Å². The molecule has 4 heteroatoms. The number of hydrogen-bond acceptors (Lipinski definition) is 3. The summed E-state index contributed by atoms with van der Waals surface area (Å²) in [6, 6.07) is 8.68. The van der Waals surface area contributed by atoms with Crippen LogP contribution in [0.25, 0.3) is 0 Å². The van der Waals surface area contributed by atoms with Crippen molar-refractivity contribution in [2.75, 3.05) is 5.32 Å². The van der Waals surface area contributed by atoms with E-state index >= 15 is 0 Å². The Morgan fingerprint density at radius 1 is 1.36 bits per heavy atom. The summed E-state index contributed by atoms with van der Waals surface area (Å²) in [5.41, 5.74) is 0.576. The average molecular weight is 153 g/mol. The fourth-order valence-electron chi connectivity index (χ4n) is 0.662. The molecule has 0 atom stereocenters. The number of amides is 1. The van der Waals surface area contributed by atoms with Crippen molar-refractivity contribution in [2.24, 2.45) is 0 Å². The zero-order chi connectivity index (χ0) is 8.10. The second-order valence-corrected chi connectivity index (χ2v) is 1.87. The van der Waals surface area contributed by atoms with Gasteiger partial charge in [-0.3, -0.25) is 10.2 Å². The molecule has 0 aliphatic rings. The highest BCUT2D eigenvalue weighted by Crippen LogP contribution is 2.04. The van der Waals surface area contributed by atoms with Crippen LogP contribution in [0.1, 0.15) is 0 Å². The second kappa shape index (κ2) is 3.58. The zero-order valence-corrected chi connectivity index (χ0v) is 5.65. The van der Waals surface area contributed by atoms with Gasteiger partial charge in [-0.05, 0) is 12.1 Å². The molecule has 0 saturated carbocycles. The van der Waals surface area contributed by atoms with Crippen molar-refractivity contribution in [1.82, 2.24) is 0 Å². The Hall–Kier alpha value is -1.55. The Morgan fingerprint density at radius 3 is 2.55 bits per heavy atom. The lowest BCUT2D eigenvalue weighted by Gasteiger charge is -1.99. The first kappa shape index (κ1) is 7.56. The number of carbonyl (C=O) groups excluding carboxylic acids is 1. The molecule has 0 spiro atoms. The van der Waals surface area contributed by atoms with Gasteiger partial charge in [-0.2, -0.15) is 5.26 Å². The molecule has 0 radical (unpaired) electrons. The van der Waals surface area contributed by atoms with E-state index in [4.69, 9.17) is 5.26 Å². The van der Waals surface area contributed by atoms with Gasteiger partial charge >= 0.3 is 6.09 Å². The summed E-state index contributed by atoms with van der Waals surface area (Å²) >= 11 is 0. The molecule has 2 N–H and O–H groups in total. The molecule has 11 heavy (non-hydrogen) atoms. The van der Waals surface area contributed by atoms with E-state index in [1.165, 1.54) is 0 Å². The predicted octanol–water partition coefficient (Wildman–Crippen LogP) is 1.71. The molecule has 0 heterocycles. The number of nitrogens with one attached hydrogen (secondary N) is 1. The third-order valence-electron chi connectivity index (χ3n) is 1.10. The second-order valence-electron chi connectivity index (χ2n) is 1.87. The maximum Gasteiger partial charge on any atom is 0.442 e. The molecule has 0 bridgehead atoms. The van der Waals surface area contributed by atoms with Crippen LogP contribution in [0.4, 0.5) is 10.5 Å². The van der Waals surface area contributed by atoms with E-state index in [-0.39, 0.29) is 0 Å². The third kappa shape index (κ3) is 2.27. The SMILES string of the molecule is O=C(Nc1ccccc1)OO. The number of rotatable bonds is 1.